The molecule has 6 nitrogen and oxygen atoms in total. The van der Waals surface area contributed by atoms with E-state index in [9.17, 15) is 4.79 Å². The first-order chi connectivity index (χ1) is 11.8. The number of piperidine rings is 1. The van der Waals surface area contributed by atoms with Crippen molar-refractivity contribution in [2.24, 2.45) is 0 Å². The van der Waals surface area contributed by atoms with Gasteiger partial charge in [0.05, 0.1) is 5.56 Å². The largest absolute Gasteiger partial charge is 0.356 e. The molecule has 6 heteroatoms. The number of aromatic nitrogens is 3. The molecule has 3 heterocycles. The second-order valence-corrected chi connectivity index (χ2v) is 6.55. The van der Waals surface area contributed by atoms with E-state index < -0.39 is 0 Å². The molecule has 4 rings (SSSR count). The molecule has 0 bridgehead atoms. The molecule has 2 aromatic rings. The lowest BCUT2D eigenvalue weighted by Gasteiger charge is -2.33. The summed E-state index contributed by atoms with van der Waals surface area (Å²) < 4.78 is 0. The van der Waals surface area contributed by atoms with Crippen molar-refractivity contribution in [1.82, 2.24) is 20.3 Å². The van der Waals surface area contributed by atoms with Gasteiger partial charge in [-0.15, -0.1) is 0 Å². The molecule has 1 aliphatic carbocycles. The summed E-state index contributed by atoms with van der Waals surface area (Å²) in [5, 5.41) is 3.11. The van der Waals surface area contributed by atoms with Crippen LogP contribution in [0.15, 0.2) is 36.9 Å². The molecule has 2 fully saturated rings. The van der Waals surface area contributed by atoms with Gasteiger partial charge in [-0.05, 0) is 37.8 Å². The highest BCUT2D eigenvalue weighted by Gasteiger charge is 2.27. The molecule has 2 aliphatic rings. The molecule has 24 heavy (non-hydrogen) atoms. The van der Waals surface area contributed by atoms with Crippen LogP contribution in [-0.2, 0) is 0 Å². The van der Waals surface area contributed by atoms with Gasteiger partial charge < -0.3 is 10.2 Å². The number of rotatable bonds is 4. The van der Waals surface area contributed by atoms with Crippen LogP contribution in [0.5, 0.6) is 0 Å². The Hall–Kier alpha value is -2.50. The van der Waals surface area contributed by atoms with Gasteiger partial charge in [0.2, 0.25) is 0 Å². The number of pyridine rings is 1. The normalized spacial score (nSPS) is 18.4. The maximum atomic E-state index is 12.2. The zero-order valence-electron chi connectivity index (χ0n) is 13.6. The number of hydrogen-bond donors (Lipinski definition) is 1. The zero-order chi connectivity index (χ0) is 16.4. The smallest absolute Gasteiger partial charge is 0.253 e. The Balaban J connectivity index is 1.33. The fraction of sp³-hybridized carbons (Fsp3) is 0.444. The standard InChI is InChI=1S/C18H21N5O/c24-18(14-2-1-7-19-11-14)22-15-5-8-23(9-6-15)17-10-16(13-3-4-13)20-12-21-17/h1-2,7,10-13,15H,3-6,8-9H2,(H,22,24). The van der Waals surface area contributed by atoms with Crippen molar-refractivity contribution in [3.05, 3.63) is 48.2 Å². The van der Waals surface area contributed by atoms with Crippen molar-refractivity contribution in [3.63, 3.8) is 0 Å². The molecular weight excluding hydrogens is 302 g/mol. The number of carbonyl (C=O) groups excluding carboxylic acids is 1. The molecule has 0 aromatic carbocycles. The number of carbonyl (C=O) groups is 1. The van der Waals surface area contributed by atoms with Gasteiger partial charge in [-0.25, -0.2) is 9.97 Å². The highest BCUT2D eigenvalue weighted by atomic mass is 16.1. The van der Waals surface area contributed by atoms with E-state index in [2.05, 4.69) is 31.2 Å². The minimum atomic E-state index is -0.0420. The maximum Gasteiger partial charge on any atom is 0.253 e. The fourth-order valence-corrected chi connectivity index (χ4v) is 3.16. The minimum absolute atomic E-state index is 0.0420. The van der Waals surface area contributed by atoms with E-state index in [1.165, 1.54) is 18.5 Å². The highest BCUT2D eigenvalue weighted by Crippen LogP contribution is 2.39. The molecule has 1 aliphatic heterocycles. The molecule has 1 saturated carbocycles. The van der Waals surface area contributed by atoms with Crippen LogP contribution in [0.2, 0.25) is 0 Å². The molecule has 1 N–H and O–H groups in total. The van der Waals surface area contributed by atoms with Gasteiger partial charge >= 0.3 is 0 Å². The zero-order valence-corrected chi connectivity index (χ0v) is 13.6. The van der Waals surface area contributed by atoms with Crippen LogP contribution in [0.4, 0.5) is 5.82 Å². The number of amides is 1. The predicted molar refractivity (Wildman–Crippen MR) is 90.9 cm³/mol. The quantitative estimate of drug-likeness (QED) is 0.933. The molecule has 2 aromatic heterocycles. The number of hydrogen-bond acceptors (Lipinski definition) is 5. The molecule has 0 atom stereocenters. The van der Waals surface area contributed by atoms with Gasteiger partial charge in [-0.2, -0.15) is 0 Å². The van der Waals surface area contributed by atoms with Gasteiger partial charge in [0.15, 0.2) is 0 Å². The van der Waals surface area contributed by atoms with E-state index in [-0.39, 0.29) is 11.9 Å². The SMILES string of the molecule is O=C(NC1CCN(c2cc(C3CC3)ncn2)CC1)c1cccnc1. The van der Waals surface area contributed by atoms with Crippen molar-refractivity contribution in [2.45, 2.75) is 37.6 Å². The number of nitrogens with zero attached hydrogens (tertiary/aromatic N) is 4. The summed E-state index contributed by atoms with van der Waals surface area (Å²) in [7, 11) is 0. The summed E-state index contributed by atoms with van der Waals surface area (Å²) in [5.74, 6) is 1.62. The third-order valence-electron chi connectivity index (χ3n) is 4.75. The molecule has 124 valence electrons. The van der Waals surface area contributed by atoms with Gasteiger partial charge in [-0.3, -0.25) is 9.78 Å². The summed E-state index contributed by atoms with van der Waals surface area (Å²) >= 11 is 0. The van der Waals surface area contributed by atoms with Crippen molar-refractivity contribution in [2.75, 3.05) is 18.0 Å². The van der Waals surface area contributed by atoms with Gasteiger partial charge in [0.1, 0.15) is 12.1 Å². The summed E-state index contributed by atoms with van der Waals surface area (Å²) in [5.41, 5.74) is 1.79. The van der Waals surface area contributed by atoms with E-state index >= 15 is 0 Å². The predicted octanol–water partition coefficient (Wildman–Crippen LogP) is 2.15. The second kappa shape index (κ2) is 6.55. The molecule has 0 unspecified atom stereocenters. The summed E-state index contributed by atoms with van der Waals surface area (Å²) in [6.07, 6.45) is 9.30. The van der Waals surface area contributed by atoms with Crippen molar-refractivity contribution in [3.8, 4) is 0 Å². The lowest BCUT2D eigenvalue weighted by atomic mass is 10.0. The third-order valence-corrected chi connectivity index (χ3v) is 4.75. The number of nitrogens with one attached hydrogen (secondary N) is 1. The van der Waals surface area contributed by atoms with Gasteiger partial charge in [0.25, 0.3) is 5.91 Å². The van der Waals surface area contributed by atoms with Crippen LogP contribution in [0, 0.1) is 0 Å². The molecule has 1 saturated heterocycles. The van der Waals surface area contributed by atoms with E-state index in [1.807, 2.05) is 0 Å². The average Bonchev–Trinajstić information content (AvgIpc) is 3.48. The Morgan fingerprint density at radius 1 is 1.17 bits per heavy atom. The minimum Gasteiger partial charge on any atom is -0.356 e. The Kier molecular flexibility index (Phi) is 4.11. The van der Waals surface area contributed by atoms with Crippen molar-refractivity contribution >= 4 is 11.7 Å². The highest BCUT2D eigenvalue weighted by molar-refractivity contribution is 5.94. The van der Waals surface area contributed by atoms with Gasteiger partial charge in [0, 0.05) is 49.2 Å². The fourth-order valence-electron chi connectivity index (χ4n) is 3.16. The Labute approximate surface area is 141 Å². The van der Waals surface area contributed by atoms with Crippen LogP contribution >= 0.6 is 0 Å². The molecule has 1 amide bonds. The lowest BCUT2D eigenvalue weighted by molar-refractivity contribution is 0.0930. The first kappa shape index (κ1) is 15.1. The van der Waals surface area contributed by atoms with Gasteiger partial charge in [-0.1, -0.05) is 0 Å². The van der Waals surface area contributed by atoms with Crippen LogP contribution in [-0.4, -0.2) is 40.0 Å². The Morgan fingerprint density at radius 2 is 2.00 bits per heavy atom. The average molecular weight is 323 g/mol. The number of anilines is 1. The van der Waals surface area contributed by atoms with Crippen LogP contribution in [0.3, 0.4) is 0 Å². The third kappa shape index (κ3) is 3.37. The summed E-state index contributed by atoms with van der Waals surface area (Å²) in [6.45, 7) is 1.80. The van der Waals surface area contributed by atoms with E-state index in [0.717, 1.165) is 31.7 Å². The van der Waals surface area contributed by atoms with Crippen LogP contribution < -0.4 is 10.2 Å². The topological polar surface area (TPSA) is 71.0 Å². The molecular formula is C18H21N5O. The summed E-state index contributed by atoms with van der Waals surface area (Å²) in [6, 6.07) is 5.91. The van der Waals surface area contributed by atoms with Crippen LogP contribution in [0.25, 0.3) is 0 Å². The second-order valence-electron chi connectivity index (χ2n) is 6.55. The summed E-state index contributed by atoms with van der Waals surface area (Å²) in [4.78, 5) is 27.3. The van der Waals surface area contributed by atoms with E-state index in [4.69, 9.17) is 0 Å². The van der Waals surface area contributed by atoms with Crippen molar-refractivity contribution < 1.29 is 4.79 Å². The van der Waals surface area contributed by atoms with Crippen molar-refractivity contribution in [1.29, 1.82) is 0 Å². The monoisotopic (exact) mass is 323 g/mol. The van der Waals surface area contributed by atoms with Crippen LogP contribution in [0.1, 0.15) is 47.7 Å². The Morgan fingerprint density at radius 3 is 2.71 bits per heavy atom. The first-order valence-corrected chi connectivity index (χ1v) is 8.57. The maximum absolute atomic E-state index is 12.2. The Bertz CT molecular complexity index is 708. The van der Waals surface area contributed by atoms with E-state index in [0.29, 0.717) is 11.5 Å². The molecule has 0 spiro atoms. The van der Waals surface area contributed by atoms with E-state index in [1.54, 1.807) is 30.9 Å². The molecule has 0 radical (unpaired) electrons. The first-order valence-electron chi connectivity index (χ1n) is 8.57. The lowest BCUT2D eigenvalue weighted by Crippen LogP contribution is -2.45.